The average molecular weight is 278 g/mol. The summed E-state index contributed by atoms with van der Waals surface area (Å²) >= 11 is 0. The molecule has 0 bridgehead atoms. The Hall–Kier alpha value is -1.31. The highest BCUT2D eigenvalue weighted by atomic mass is 35.5. The first-order valence-corrected chi connectivity index (χ1v) is 6.69. The summed E-state index contributed by atoms with van der Waals surface area (Å²) in [6.45, 7) is 6.56. The van der Waals surface area contributed by atoms with E-state index in [4.69, 9.17) is 0 Å². The normalized spacial score (nSPS) is 8.95. The van der Waals surface area contributed by atoms with Gasteiger partial charge in [-0.15, -0.1) is 12.4 Å². The van der Waals surface area contributed by atoms with Gasteiger partial charge in [0, 0.05) is 0 Å². The molecule has 0 aliphatic carbocycles. The minimum Gasteiger partial charge on any atom is -0.317 e. The fourth-order valence-electron chi connectivity index (χ4n) is 1.61. The third-order valence-corrected chi connectivity index (χ3v) is 2.56. The fraction of sp³-hybridized carbons (Fsp3) is 0.294. The number of halogens is 1. The quantitative estimate of drug-likeness (QED) is 0.793. The molecule has 0 saturated heterocycles. The fourth-order valence-corrected chi connectivity index (χ4v) is 1.61. The molecular weight excluding hydrogens is 254 g/mol. The Morgan fingerprint density at radius 3 is 1.42 bits per heavy atom. The van der Waals surface area contributed by atoms with Crippen LogP contribution in [0.3, 0.4) is 0 Å². The van der Waals surface area contributed by atoms with E-state index >= 15 is 0 Å². The molecule has 0 aliphatic rings. The third-order valence-electron chi connectivity index (χ3n) is 2.56. The molecule has 104 valence electrons. The number of hydrogen-bond acceptors (Lipinski definition) is 1. The lowest BCUT2D eigenvalue weighted by atomic mass is 10.1. The van der Waals surface area contributed by atoms with E-state index in [9.17, 15) is 0 Å². The van der Waals surface area contributed by atoms with Gasteiger partial charge in [0.05, 0.1) is 0 Å². The molecule has 0 aliphatic heterocycles. The van der Waals surface area contributed by atoms with Gasteiger partial charge in [-0.05, 0) is 30.6 Å². The van der Waals surface area contributed by atoms with E-state index in [-0.39, 0.29) is 12.4 Å². The number of nitrogens with one attached hydrogen (secondary N) is 1. The van der Waals surface area contributed by atoms with Gasteiger partial charge in [-0.1, -0.05) is 74.5 Å². The average Bonchev–Trinajstić information content (AvgIpc) is 2.48. The van der Waals surface area contributed by atoms with Crippen molar-refractivity contribution in [1.82, 2.24) is 5.32 Å². The molecule has 0 amide bonds. The zero-order valence-corrected chi connectivity index (χ0v) is 12.6. The largest absolute Gasteiger partial charge is 0.317 e. The Kier molecular flexibility index (Phi) is 11.0. The highest BCUT2D eigenvalue weighted by Gasteiger charge is 1.91. The van der Waals surface area contributed by atoms with Crippen molar-refractivity contribution in [3.8, 4) is 11.1 Å². The molecule has 2 heteroatoms. The van der Waals surface area contributed by atoms with E-state index in [1.807, 2.05) is 12.1 Å². The zero-order chi connectivity index (χ0) is 13.1. The maximum absolute atomic E-state index is 3.20. The van der Waals surface area contributed by atoms with E-state index < -0.39 is 0 Å². The number of benzene rings is 2. The van der Waals surface area contributed by atoms with Crippen LogP contribution in [0, 0.1) is 0 Å². The van der Waals surface area contributed by atoms with Gasteiger partial charge >= 0.3 is 0 Å². The first-order chi connectivity index (χ1) is 8.88. The van der Waals surface area contributed by atoms with E-state index in [0.717, 1.165) is 13.1 Å². The SMILES string of the molecule is CCCNCC.Cl.c1ccc(-c2ccccc2)cc1. The maximum Gasteiger partial charge on any atom is -0.00517 e. The second kappa shape index (κ2) is 11.8. The van der Waals surface area contributed by atoms with Crippen LogP contribution in [0.25, 0.3) is 11.1 Å². The summed E-state index contributed by atoms with van der Waals surface area (Å²) in [5.41, 5.74) is 2.55. The molecular formula is C17H24ClN. The molecule has 2 rings (SSSR count). The molecule has 0 atom stereocenters. The highest BCUT2D eigenvalue weighted by Crippen LogP contribution is 2.17. The first-order valence-electron chi connectivity index (χ1n) is 6.69. The molecule has 19 heavy (non-hydrogen) atoms. The molecule has 0 heterocycles. The zero-order valence-electron chi connectivity index (χ0n) is 11.8. The summed E-state index contributed by atoms with van der Waals surface area (Å²) in [4.78, 5) is 0. The van der Waals surface area contributed by atoms with Crippen LogP contribution in [0.1, 0.15) is 20.3 Å². The van der Waals surface area contributed by atoms with Crippen LogP contribution in [0.2, 0.25) is 0 Å². The van der Waals surface area contributed by atoms with Crippen molar-refractivity contribution in [3.05, 3.63) is 60.7 Å². The van der Waals surface area contributed by atoms with Crippen molar-refractivity contribution in [2.45, 2.75) is 20.3 Å². The molecule has 2 aromatic rings. The summed E-state index contributed by atoms with van der Waals surface area (Å²) in [5.74, 6) is 0. The minimum atomic E-state index is 0. The first kappa shape index (κ1) is 17.7. The van der Waals surface area contributed by atoms with Crippen molar-refractivity contribution >= 4 is 12.4 Å². The molecule has 0 unspecified atom stereocenters. The molecule has 0 aromatic heterocycles. The third kappa shape index (κ3) is 7.66. The molecule has 1 nitrogen and oxygen atoms in total. The van der Waals surface area contributed by atoms with Crippen LogP contribution in [0.4, 0.5) is 0 Å². The lowest BCUT2D eigenvalue weighted by Gasteiger charge is -1.98. The second-order valence-corrected chi connectivity index (χ2v) is 4.09. The number of hydrogen-bond donors (Lipinski definition) is 1. The molecule has 1 N–H and O–H groups in total. The van der Waals surface area contributed by atoms with Crippen molar-refractivity contribution in [3.63, 3.8) is 0 Å². The maximum atomic E-state index is 3.20. The number of rotatable bonds is 4. The summed E-state index contributed by atoms with van der Waals surface area (Å²) in [6.07, 6.45) is 1.24. The van der Waals surface area contributed by atoms with E-state index in [2.05, 4.69) is 67.7 Å². The van der Waals surface area contributed by atoms with Gasteiger partial charge in [-0.3, -0.25) is 0 Å². The molecule has 0 fully saturated rings. The van der Waals surface area contributed by atoms with Gasteiger partial charge in [0.15, 0.2) is 0 Å². The predicted octanol–water partition coefficient (Wildman–Crippen LogP) is 4.78. The van der Waals surface area contributed by atoms with E-state index in [1.54, 1.807) is 0 Å². The van der Waals surface area contributed by atoms with E-state index in [1.165, 1.54) is 17.5 Å². The summed E-state index contributed by atoms with van der Waals surface area (Å²) in [6, 6.07) is 20.8. The second-order valence-electron chi connectivity index (χ2n) is 4.09. The highest BCUT2D eigenvalue weighted by molar-refractivity contribution is 5.85. The molecule has 0 spiro atoms. The standard InChI is InChI=1S/C12H10.C5H13N.ClH/c1-3-7-11(8-4-1)12-9-5-2-6-10-12;1-3-5-6-4-2;/h1-10H;6H,3-5H2,1-2H3;1H. The Bertz CT molecular complexity index is 359. The minimum absolute atomic E-state index is 0. The summed E-state index contributed by atoms with van der Waals surface area (Å²) in [7, 11) is 0. The van der Waals surface area contributed by atoms with Crippen LogP contribution in [-0.4, -0.2) is 13.1 Å². The lowest BCUT2D eigenvalue weighted by Crippen LogP contribution is -2.12. The van der Waals surface area contributed by atoms with Gasteiger partial charge in [-0.25, -0.2) is 0 Å². The Labute approximate surface area is 123 Å². The Balaban J connectivity index is 0.000000404. The van der Waals surface area contributed by atoms with Gasteiger partial charge in [0.1, 0.15) is 0 Å². The van der Waals surface area contributed by atoms with Gasteiger partial charge < -0.3 is 5.32 Å². The van der Waals surface area contributed by atoms with E-state index in [0.29, 0.717) is 0 Å². The summed E-state index contributed by atoms with van der Waals surface area (Å²) < 4.78 is 0. The monoisotopic (exact) mass is 277 g/mol. The van der Waals surface area contributed by atoms with Crippen LogP contribution in [-0.2, 0) is 0 Å². The van der Waals surface area contributed by atoms with Crippen molar-refractivity contribution in [2.24, 2.45) is 0 Å². The Morgan fingerprint density at radius 1 is 0.737 bits per heavy atom. The van der Waals surface area contributed by atoms with Crippen molar-refractivity contribution in [2.75, 3.05) is 13.1 Å². The van der Waals surface area contributed by atoms with Gasteiger partial charge in [0.25, 0.3) is 0 Å². The van der Waals surface area contributed by atoms with Crippen molar-refractivity contribution in [1.29, 1.82) is 0 Å². The van der Waals surface area contributed by atoms with Crippen LogP contribution >= 0.6 is 12.4 Å². The molecule has 0 saturated carbocycles. The predicted molar refractivity (Wildman–Crippen MR) is 88.0 cm³/mol. The van der Waals surface area contributed by atoms with Crippen LogP contribution in [0.5, 0.6) is 0 Å². The van der Waals surface area contributed by atoms with Gasteiger partial charge in [-0.2, -0.15) is 0 Å². The van der Waals surface area contributed by atoms with Crippen molar-refractivity contribution < 1.29 is 0 Å². The smallest absolute Gasteiger partial charge is 0.00517 e. The lowest BCUT2D eigenvalue weighted by molar-refractivity contribution is 0.703. The van der Waals surface area contributed by atoms with Gasteiger partial charge in [0.2, 0.25) is 0 Å². The molecule has 0 radical (unpaired) electrons. The Morgan fingerprint density at radius 2 is 1.16 bits per heavy atom. The topological polar surface area (TPSA) is 12.0 Å². The van der Waals surface area contributed by atoms with Crippen LogP contribution in [0.15, 0.2) is 60.7 Å². The van der Waals surface area contributed by atoms with Crippen LogP contribution < -0.4 is 5.32 Å². The molecule has 2 aromatic carbocycles. The summed E-state index contributed by atoms with van der Waals surface area (Å²) in [5, 5.41) is 3.20.